The van der Waals surface area contributed by atoms with Crippen LogP contribution in [0.3, 0.4) is 0 Å². The third-order valence-corrected chi connectivity index (χ3v) is 5.69. The number of H-pyrrole nitrogens is 1. The third-order valence-electron chi connectivity index (χ3n) is 5.69. The number of carbonyl (C=O) groups is 2. The molecule has 2 aromatic rings. The highest BCUT2D eigenvalue weighted by Crippen LogP contribution is 2.31. The van der Waals surface area contributed by atoms with E-state index in [0.29, 0.717) is 11.9 Å². The van der Waals surface area contributed by atoms with Crippen LogP contribution in [0.1, 0.15) is 37.7 Å². The van der Waals surface area contributed by atoms with Crippen LogP contribution in [0.25, 0.3) is 0 Å². The predicted octanol–water partition coefficient (Wildman–Crippen LogP) is 2.97. The van der Waals surface area contributed by atoms with Crippen LogP contribution in [0.2, 0.25) is 0 Å². The maximum Gasteiger partial charge on any atom is 0.573 e. The topological polar surface area (TPSA) is 116 Å². The number of nitrogens with one attached hydrogen (secondary N) is 3. The number of ether oxygens (including phenoxy) is 1. The molecule has 0 radical (unpaired) electrons. The number of carbonyl (C=O) groups excluding carboxylic acids is 2. The van der Waals surface area contributed by atoms with Gasteiger partial charge in [-0.15, -0.1) is 13.2 Å². The fourth-order valence-corrected chi connectivity index (χ4v) is 3.92. The summed E-state index contributed by atoms with van der Waals surface area (Å²) in [7, 11) is 0. The number of amides is 2. The zero-order chi connectivity index (χ0) is 23.8. The quantitative estimate of drug-likeness (QED) is 0.639. The monoisotopic (exact) mass is 465 g/mol. The van der Waals surface area contributed by atoms with Crippen molar-refractivity contribution in [2.75, 3.05) is 28.6 Å². The van der Waals surface area contributed by atoms with E-state index in [0.717, 1.165) is 38.1 Å². The first kappa shape index (κ1) is 22.6. The fraction of sp³-hybridized carbons (Fsp3) is 0.429. The van der Waals surface area contributed by atoms with Gasteiger partial charge in [-0.2, -0.15) is 4.98 Å². The Bertz CT molecular complexity index is 1110. The summed E-state index contributed by atoms with van der Waals surface area (Å²) in [5, 5.41) is 5.09. The lowest BCUT2D eigenvalue weighted by Gasteiger charge is -2.31. The number of fused-ring (bicyclic) bond motifs is 1. The molecule has 2 amide bonds. The zero-order valence-electron chi connectivity index (χ0n) is 17.7. The minimum Gasteiger partial charge on any atom is -0.406 e. The number of anilines is 3. The molecule has 3 N–H and O–H groups in total. The maximum atomic E-state index is 12.9. The van der Waals surface area contributed by atoms with Crippen molar-refractivity contribution in [2.24, 2.45) is 5.92 Å². The molecule has 176 valence electrons. The molecule has 1 unspecified atom stereocenters. The lowest BCUT2D eigenvalue weighted by Crippen LogP contribution is -2.39. The molecule has 2 aliphatic heterocycles. The Morgan fingerprint density at radius 3 is 2.48 bits per heavy atom. The molecule has 1 saturated heterocycles. The van der Waals surface area contributed by atoms with Gasteiger partial charge in [-0.1, -0.05) is 6.92 Å². The van der Waals surface area contributed by atoms with Crippen molar-refractivity contribution in [1.82, 2.24) is 9.97 Å². The van der Waals surface area contributed by atoms with Gasteiger partial charge >= 0.3 is 6.36 Å². The lowest BCUT2D eigenvalue weighted by atomic mass is 9.92. The standard InChI is InChI=1S/C21H22F3N5O4/c1-11-6-8-29(9-7-11)20-27-17-16(19(32)28-20)14(10-15(30)26-17)18(31)25-12-2-4-13(5-3-12)33-21(22,23)24/h2-5,11,14H,6-10H2,1H3,(H,25,31)(H2,26,27,28,30,32). The minimum absolute atomic E-state index is 0.0395. The highest BCUT2D eigenvalue weighted by molar-refractivity contribution is 6.04. The second-order valence-electron chi connectivity index (χ2n) is 8.19. The maximum absolute atomic E-state index is 12.9. The molecule has 4 rings (SSSR count). The Morgan fingerprint density at radius 1 is 1.18 bits per heavy atom. The number of aromatic amines is 1. The van der Waals surface area contributed by atoms with Gasteiger partial charge in [0.05, 0.1) is 11.5 Å². The highest BCUT2D eigenvalue weighted by atomic mass is 19.4. The van der Waals surface area contributed by atoms with E-state index < -0.39 is 35.4 Å². The molecule has 0 bridgehead atoms. The number of alkyl halides is 3. The van der Waals surface area contributed by atoms with Crippen LogP contribution in [0.4, 0.5) is 30.6 Å². The van der Waals surface area contributed by atoms with Gasteiger partial charge in [0.1, 0.15) is 11.6 Å². The van der Waals surface area contributed by atoms with Gasteiger partial charge in [-0.25, -0.2) is 0 Å². The van der Waals surface area contributed by atoms with E-state index in [2.05, 4.69) is 32.3 Å². The Labute approximate surface area is 186 Å². The van der Waals surface area contributed by atoms with Gasteiger partial charge in [0, 0.05) is 25.2 Å². The summed E-state index contributed by atoms with van der Waals surface area (Å²) >= 11 is 0. The average molecular weight is 465 g/mol. The third kappa shape index (κ3) is 5.26. The van der Waals surface area contributed by atoms with E-state index in [4.69, 9.17) is 0 Å². The SMILES string of the molecule is CC1CCN(c2nc3c(c(=O)[nH]2)C(C(=O)Nc2ccc(OC(F)(F)F)cc2)CC(=O)N3)CC1. The van der Waals surface area contributed by atoms with E-state index >= 15 is 0 Å². The van der Waals surface area contributed by atoms with Crippen molar-refractivity contribution in [1.29, 1.82) is 0 Å². The van der Waals surface area contributed by atoms with Crippen LogP contribution in [-0.4, -0.2) is 41.2 Å². The van der Waals surface area contributed by atoms with Crippen LogP contribution >= 0.6 is 0 Å². The lowest BCUT2D eigenvalue weighted by molar-refractivity contribution is -0.274. The summed E-state index contributed by atoms with van der Waals surface area (Å²) in [4.78, 5) is 47.0. The molecule has 1 atom stereocenters. The number of nitrogens with zero attached hydrogens (tertiary/aromatic N) is 2. The van der Waals surface area contributed by atoms with Gasteiger partial charge in [-0.05, 0) is 43.0 Å². The smallest absolute Gasteiger partial charge is 0.406 e. The first-order valence-corrected chi connectivity index (χ1v) is 10.4. The number of halogens is 3. The van der Waals surface area contributed by atoms with Crippen molar-refractivity contribution < 1.29 is 27.5 Å². The summed E-state index contributed by atoms with van der Waals surface area (Å²) in [5.74, 6) is -1.71. The first-order chi connectivity index (χ1) is 15.6. The van der Waals surface area contributed by atoms with Crippen molar-refractivity contribution in [2.45, 2.75) is 38.5 Å². The van der Waals surface area contributed by atoms with Crippen LogP contribution in [-0.2, 0) is 9.59 Å². The molecule has 9 nitrogen and oxygen atoms in total. The van der Waals surface area contributed by atoms with E-state index in [9.17, 15) is 27.6 Å². The van der Waals surface area contributed by atoms with Gasteiger partial charge < -0.3 is 20.3 Å². The number of aromatic nitrogens is 2. The summed E-state index contributed by atoms with van der Waals surface area (Å²) in [6, 6.07) is 4.55. The molecule has 1 fully saturated rings. The minimum atomic E-state index is -4.83. The van der Waals surface area contributed by atoms with Crippen molar-refractivity contribution in [3.8, 4) is 5.75 Å². The number of rotatable bonds is 4. The number of piperidine rings is 1. The Hall–Kier alpha value is -3.57. The Balaban J connectivity index is 1.54. The first-order valence-electron chi connectivity index (χ1n) is 10.4. The molecule has 12 heteroatoms. The number of hydrogen-bond donors (Lipinski definition) is 3. The van der Waals surface area contributed by atoms with Crippen LogP contribution in [0.5, 0.6) is 5.75 Å². The van der Waals surface area contributed by atoms with Crippen molar-refractivity contribution in [3.63, 3.8) is 0 Å². The van der Waals surface area contributed by atoms with Gasteiger partial charge in [-0.3, -0.25) is 19.4 Å². The molecular formula is C21H22F3N5O4. The zero-order valence-corrected chi connectivity index (χ0v) is 17.7. The van der Waals surface area contributed by atoms with Crippen LogP contribution in [0.15, 0.2) is 29.1 Å². The summed E-state index contributed by atoms with van der Waals surface area (Å²) < 4.78 is 40.7. The number of hydrogen-bond acceptors (Lipinski definition) is 6. The molecule has 0 aliphatic carbocycles. The average Bonchev–Trinajstić information content (AvgIpc) is 2.73. The fourth-order valence-electron chi connectivity index (χ4n) is 3.92. The Morgan fingerprint density at radius 2 is 1.85 bits per heavy atom. The highest BCUT2D eigenvalue weighted by Gasteiger charge is 2.35. The molecule has 0 spiro atoms. The molecule has 1 aromatic heterocycles. The summed E-state index contributed by atoms with van der Waals surface area (Å²) in [6.07, 6.45) is -3.20. The van der Waals surface area contributed by atoms with Gasteiger partial charge in [0.25, 0.3) is 5.56 Å². The van der Waals surface area contributed by atoms with E-state index in [-0.39, 0.29) is 23.5 Å². The summed E-state index contributed by atoms with van der Waals surface area (Å²) in [5.41, 5.74) is -0.300. The van der Waals surface area contributed by atoms with E-state index in [1.165, 1.54) is 12.1 Å². The normalized spacial score (nSPS) is 19.0. The molecule has 3 heterocycles. The van der Waals surface area contributed by atoms with Crippen molar-refractivity contribution in [3.05, 3.63) is 40.2 Å². The summed E-state index contributed by atoms with van der Waals surface area (Å²) in [6.45, 7) is 3.59. The van der Waals surface area contributed by atoms with Crippen molar-refractivity contribution >= 4 is 29.3 Å². The Kier molecular flexibility index (Phi) is 6.00. The predicted molar refractivity (Wildman–Crippen MR) is 113 cm³/mol. The van der Waals surface area contributed by atoms with E-state index in [1.807, 2.05) is 4.90 Å². The number of benzene rings is 1. The molecule has 0 saturated carbocycles. The van der Waals surface area contributed by atoms with E-state index in [1.54, 1.807) is 0 Å². The largest absolute Gasteiger partial charge is 0.573 e. The second kappa shape index (κ2) is 8.75. The molecule has 1 aromatic carbocycles. The molecule has 2 aliphatic rings. The molecular weight excluding hydrogens is 443 g/mol. The van der Waals surface area contributed by atoms with Crippen LogP contribution in [0, 0.1) is 5.92 Å². The van der Waals surface area contributed by atoms with Gasteiger partial charge in [0.15, 0.2) is 0 Å². The molecule has 33 heavy (non-hydrogen) atoms. The van der Waals surface area contributed by atoms with Crippen LogP contribution < -0.4 is 25.8 Å². The van der Waals surface area contributed by atoms with Gasteiger partial charge in [0.2, 0.25) is 17.8 Å². The second-order valence-corrected chi connectivity index (χ2v) is 8.19.